The number of carboxylic acids is 1. The minimum atomic E-state index is -0.943. The summed E-state index contributed by atoms with van der Waals surface area (Å²) in [5.41, 5.74) is 0.238. The molecule has 14 heavy (non-hydrogen) atoms. The van der Waals surface area contributed by atoms with Crippen molar-refractivity contribution in [3.63, 3.8) is 0 Å². The van der Waals surface area contributed by atoms with Gasteiger partial charge in [-0.15, -0.1) is 5.10 Å². The summed E-state index contributed by atoms with van der Waals surface area (Å²) in [6.45, 7) is 1.75. The van der Waals surface area contributed by atoms with Crippen LogP contribution >= 0.6 is 0 Å². The largest absolute Gasteiger partial charge is 0.478 e. The molecule has 1 aliphatic heterocycles. The molecule has 1 fully saturated rings. The molecule has 2 heterocycles. The molecular formula is C9H11N3O2. The van der Waals surface area contributed by atoms with Crippen LogP contribution in [0.4, 0.5) is 5.82 Å². The van der Waals surface area contributed by atoms with E-state index < -0.39 is 5.97 Å². The third-order valence-electron chi connectivity index (χ3n) is 2.34. The first-order valence-corrected chi connectivity index (χ1v) is 4.59. The van der Waals surface area contributed by atoms with Crippen LogP contribution in [-0.4, -0.2) is 34.4 Å². The van der Waals surface area contributed by atoms with Gasteiger partial charge < -0.3 is 10.0 Å². The van der Waals surface area contributed by atoms with Gasteiger partial charge >= 0.3 is 5.97 Å². The summed E-state index contributed by atoms with van der Waals surface area (Å²) in [7, 11) is 0. The highest BCUT2D eigenvalue weighted by Gasteiger charge is 2.20. The third-order valence-corrected chi connectivity index (χ3v) is 2.34. The van der Waals surface area contributed by atoms with E-state index in [1.807, 2.05) is 4.90 Å². The Morgan fingerprint density at radius 2 is 2.14 bits per heavy atom. The minimum absolute atomic E-state index is 0.238. The first-order valence-electron chi connectivity index (χ1n) is 4.59. The summed E-state index contributed by atoms with van der Waals surface area (Å²) in [5.74, 6) is -0.445. The fourth-order valence-electron chi connectivity index (χ4n) is 1.65. The Morgan fingerprint density at radius 1 is 1.43 bits per heavy atom. The summed E-state index contributed by atoms with van der Waals surface area (Å²) in [4.78, 5) is 12.9. The molecular weight excluding hydrogens is 182 g/mol. The van der Waals surface area contributed by atoms with Crippen LogP contribution in [0.1, 0.15) is 23.2 Å². The topological polar surface area (TPSA) is 66.3 Å². The lowest BCUT2D eigenvalue weighted by Crippen LogP contribution is -2.22. The fraction of sp³-hybridized carbons (Fsp3) is 0.444. The number of aromatic carboxylic acids is 1. The van der Waals surface area contributed by atoms with Crippen molar-refractivity contribution in [1.82, 2.24) is 10.2 Å². The van der Waals surface area contributed by atoms with Gasteiger partial charge in [0.2, 0.25) is 0 Å². The number of hydrogen-bond donors (Lipinski definition) is 1. The van der Waals surface area contributed by atoms with Crippen molar-refractivity contribution < 1.29 is 9.90 Å². The Bertz CT molecular complexity index is 348. The van der Waals surface area contributed by atoms with Crippen LogP contribution in [-0.2, 0) is 0 Å². The Morgan fingerprint density at radius 3 is 2.79 bits per heavy atom. The number of anilines is 1. The molecule has 0 bridgehead atoms. The number of nitrogens with zero attached hydrogens (tertiary/aromatic N) is 3. The number of rotatable bonds is 2. The smallest absolute Gasteiger partial charge is 0.339 e. The van der Waals surface area contributed by atoms with Crippen molar-refractivity contribution in [2.45, 2.75) is 12.8 Å². The Balaban J connectivity index is 2.35. The second-order valence-corrected chi connectivity index (χ2v) is 3.27. The Hall–Kier alpha value is -1.65. The molecule has 5 heteroatoms. The maximum Gasteiger partial charge on any atom is 0.339 e. The summed E-state index contributed by atoms with van der Waals surface area (Å²) in [6, 6.07) is 1.49. The fourth-order valence-corrected chi connectivity index (χ4v) is 1.65. The van der Waals surface area contributed by atoms with Gasteiger partial charge in [0.1, 0.15) is 5.56 Å². The van der Waals surface area contributed by atoms with E-state index in [-0.39, 0.29) is 5.56 Å². The number of hydrogen-bond acceptors (Lipinski definition) is 4. The second-order valence-electron chi connectivity index (χ2n) is 3.27. The number of carboxylic acid groups (broad SMARTS) is 1. The first-order chi connectivity index (χ1) is 6.79. The van der Waals surface area contributed by atoms with Crippen LogP contribution < -0.4 is 4.90 Å². The Labute approximate surface area is 81.4 Å². The summed E-state index contributed by atoms with van der Waals surface area (Å²) < 4.78 is 0. The molecule has 0 spiro atoms. The first kappa shape index (κ1) is 8.93. The quantitative estimate of drug-likeness (QED) is 0.751. The van der Waals surface area contributed by atoms with Gasteiger partial charge in [0.25, 0.3) is 0 Å². The highest BCUT2D eigenvalue weighted by Crippen LogP contribution is 2.20. The van der Waals surface area contributed by atoms with Crippen LogP contribution in [0, 0.1) is 0 Å². The van der Waals surface area contributed by atoms with E-state index in [2.05, 4.69) is 10.2 Å². The van der Waals surface area contributed by atoms with Gasteiger partial charge in [-0.05, 0) is 18.9 Å². The standard InChI is InChI=1S/C9H11N3O2/c13-9(14)7-3-4-10-11-8(7)12-5-1-2-6-12/h3-4H,1-2,5-6H2,(H,13,14). The van der Waals surface area contributed by atoms with Crippen molar-refractivity contribution in [2.24, 2.45) is 0 Å². The van der Waals surface area contributed by atoms with E-state index in [0.29, 0.717) is 5.82 Å². The summed E-state index contributed by atoms with van der Waals surface area (Å²) in [6.07, 6.45) is 3.59. The molecule has 0 amide bonds. The van der Waals surface area contributed by atoms with Crippen molar-refractivity contribution in [2.75, 3.05) is 18.0 Å². The van der Waals surface area contributed by atoms with Gasteiger partial charge in [0.15, 0.2) is 5.82 Å². The lowest BCUT2D eigenvalue weighted by molar-refractivity contribution is 0.0697. The van der Waals surface area contributed by atoms with Gasteiger partial charge in [-0.25, -0.2) is 4.79 Å². The lowest BCUT2D eigenvalue weighted by atomic mass is 10.2. The van der Waals surface area contributed by atoms with Gasteiger partial charge in [-0.1, -0.05) is 0 Å². The average Bonchev–Trinajstić information content (AvgIpc) is 2.70. The molecule has 1 aromatic rings. The van der Waals surface area contributed by atoms with E-state index in [4.69, 9.17) is 5.11 Å². The number of aromatic nitrogens is 2. The highest BCUT2D eigenvalue weighted by molar-refractivity contribution is 5.93. The number of carbonyl (C=O) groups is 1. The molecule has 2 rings (SSSR count). The summed E-state index contributed by atoms with van der Waals surface area (Å²) >= 11 is 0. The van der Waals surface area contributed by atoms with Crippen LogP contribution in [0.15, 0.2) is 12.3 Å². The Kier molecular flexibility index (Phi) is 2.30. The molecule has 1 aliphatic rings. The zero-order valence-electron chi connectivity index (χ0n) is 7.68. The van der Waals surface area contributed by atoms with Gasteiger partial charge in [-0.2, -0.15) is 5.10 Å². The maximum absolute atomic E-state index is 10.9. The SMILES string of the molecule is O=C(O)c1ccnnc1N1CCCC1. The average molecular weight is 193 g/mol. The van der Waals surface area contributed by atoms with Crippen LogP contribution in [0.2, 0.25) is 0 Å². The molecule has 0 aromatic carbocycles. The predicted octanol–water partition coefficient (Wildman–Crippen LogP) is 0.775. The zero-order chi connectivity index (χ0) is 9.97. The summed E-state index contributed by atoms with van der Waals surface area (Å²) in [5, 5.41) is 16.5. The van der Waals surface area contributed by atoms with E-state index in [1.165, 1.54) is 12.3 Å². The maximum atomic E-state index is 10.9. The molecule has 74 valence electrons. The van der Waals surface area contributed by atoms with Crippen LogP contribution in [0.3, 0.4) is 0 Å². The molecule has 0 radical (unpaired) electrons. The van der Waals surface area contributed by atoms with Gasteiger partial charge in [0.05, 0.1) is 6.20 Å². The predicted molar refractivity (Wildman–Crippen MR) is 50.4 cm³/mol. The van der Waals surface area contributed by atoms with Crippen molar-refractivity contribution in [3.8, 4) is 0 Å². The molecule has 1 N–H and O–H groups in total. The van der Waals surface area contributed by atoms with Crippen LogP contribution in [0.5, 0.6) is 0 Å². The molecule has 5 nitrogen and oxygen atoms in total. The molecule has 1 saturated heterocycles. The van der Waals surface area contributed by atoms with Gasteiger partial charge in [0, 0.05) is 13.1 Å². The van der Waals surface area contributed by atoms with E-state index in [1.54, 1.807) is 0 Å². The third kappa shape index (κ3) is 1.53. The molecule has 0 saturated carbocycles. The monoisotopic (exact) mass is 193 g/mol. The van der Waals surface area contributed by atoms with Crippen molar-refractivity contribution >= 4 is 11.8 Å². The van der Waals surface area contributed by atoms with E-state index in [9.17, 15) is 4.79 Å². The van der Waals surface area contributed by atoms with Crippen LogP contribution in [0.25, 0.3) is 0 Å². The zero-order valence-corrected chi connectivity index (χ0v) is 7.68. The highest BCUT2D eigenvalue weighted by atomic mass is 16.4. The minimum Gasteiger partial charge on any atom is -0.478 e. The molecule has 1 aromatic heterocycles. The van der Waals surface area contributed by atoms with E-state index in [0.717, 1.165) is 25.9 Å². The molecule has 0 atom stereocenters. The second kappa shape index (κ2) is 3.61. The lowest BCUT2D eigenvalue weighted by Gasteiger charge is -2.16. The molecule has 0 unspecified atom stereocenters. The molecule has 0 aliphatic carbocycles. The van der Waals surface area contributed by atoms with E-state index >= 15 is 0 Å². The van der Waals surface area contributed by atoms with Gasteiger partial charge in [-0.3, -0.25) is 0 Å². The van der Waals surface area contributed by atoms with Crippen molar-refractivity contribution in [1.29, 1.82) is 0 Å². The van der Waals surface area contributed by atoms with Crippen molar-refractivity contribution in [3.05, 3.63) is 17.8 Å². The normalized spacial score (nSPS) is 15.9.